The van der Waals surface area contributed by atoms with Crippen LogP contribution in [0.25, 0.3) is 12.2 Å². The van der Waals surface area contributed by atoms with E-state index in [0.29, 0.717) is 22.6 Å². The number of benzene rings is 4. The van der Waals surface area contributed by atoms with Crippen molar-refractivity contribution in [2.45, 2.75) is 13.8 Å². The van der Waals surface area contributed by atoms with E-state index in [2.05, 4.69) is 0 Å². The number of rotatable bonds is 8. The third kappa shape index (κ3) is 5.51. The quantitative estimate of drug-likeness (QED) is 0.254. The summed E-state index contributed by atoms with van der Waals surface area (Å²) in [4.78, 5) is 13.0. The summed E-state index contributed by atoms with van der Waals surface area (Å²) in [5.41, 5.74) is 3.20. The van der Waals surface area contributed by atoms with Gasteiger partial charge in [-0.15, -0.1) is 0 Å². The van der Waals surface area contributed by atoms with Gasteiger partial charge in [0.15, 0.2) is 5.78 Å². The van der Waals surface area contributed by atoms with Crippen molar-refractivity contribution in [3.63, 3.8) is 0 Å². The number of carbonyl (C=O) groups excluding carboxylic acids is 1. The third-order valence-electron chi connectivity index (χ3n) is 5.22. The Kier molecular flexibility index (Phi) is 7.36. The fourth-order valence-corrected chi connectivity index (χ4v) is 3.55. The number of carbonyl (C=O) groups is 1. The molecule has 0 atom stereocenters. The van der Waals surface area contributed by atoms with Crippen LogP contribution in [0.5, 0.6) is 23.0 Å². The summed E-state index contributed by atoms with van der Waals surface area (Å²) in [6, 6.07) is 30.1. The highest BCUT2D eigenvalue weighted by Crippen LogP contribution is 2.28. The second kappa shape index (κ2) is 11.0. The molecule has 3 nitrogen and oxygen atoms in total. The Bertz CT molecular complexity index is 1210. The molecule has 34 heavy (non-hydrogen) atoms. The van der Waals surface area contributed by atoms with Gasteiger partial charge < -0.3 is 9.47 Å². The Morgan fingerprint density at radius 3 is 1.32 bits per heavy atom. The minimum atomic E-state index is -0.0540. The second-order valence-electron chi connectivity index (χ2n) is 7.66. The van der Waals surface area contributed by atoms with Gasteiger partial charge in [0.1, 0.15) is 23.0 Å². The van der Waals surface area contributed by atoms with Crippen molar-refractivity contribution in [3.05, 3.63) is 131 Å². The number of hydrogen-bond donors (Lipinski definition) is 0. The predicted octanol–water partition coefficient (Wildman–Crippen LogP) is 8.57. The molecule has 168 valence electrons. The van der Waals surface area contributed by atoms with Crippen molar-refractivity contribution < 1.29 is 14.3 Å². The first-order valence-electron chi connectivity index (χ1n) is 11.2. The van der Waals surface area contributed by atoms with E-state index in [1.807, 2.05) is 111 Å². The van der Waals surface area contributed by atoms with Crippen LogP contribution in [0.4, 0.5) is 0 Å². The molecule has 3 heteroatoms. The third-order valence-corrected chi connectivity index (χ3v) is 5.22. The standard InChI is InChI=1S/C31H26O3/c1-3-9-23-11-5-7-13-29(23)33-27-19-15-25(16-20-27)31(32)26-17-21-28(22-18-26)34-30-14-8-6-12-24(30)10-4-2/h3-22H,1-2H3. The molecule has 0 aromatic heterocycles. The van der Waals surface area contributed by atoms with E-state index >= 15 is 0 Å². The monoisotopic (exact) mass is 446 g/mol. The van der Waals surface area contributed by atoms with Crippen molar-refractivity contribution in [2.75, 3.05) is 0 Å². The van der Waals surface area contributed by atoms with Crippen LogP contribution in [0.15, 0.2) is 109 Å². The summed E-state index contributed by atoms with van der Waals surface area (Å²) in [5, 5.41) is 0. The molecule has 0 aliphatic carbocycles. The van der Waals surface area contributed by atoms with E-state index in [-0.39, 0.29) is 5.78 Å². The summed E-state index contributed by atoms with van der Waals surface area (Å²) in [6.07, 6.45) is 7.95. The summed E-state index contributed by atoms with van der Waals surface area (Å²) < 4.78 is 12.0. The lowest BCUT2D eigenvalue weighted by atomic mass is 10.0. The van der Waals surface area contributed by atoms with Gasteiger partial charge in [-0.25, -0.2) is 0 Å². The Morgan fingerprint density at radius 2 is 0.941 bits per heavy atom. The van der Waals surface area contributed by atoms with Crippen LogP contribution in [0, 0.1) is 0 Å². The summed E-state index contributed by atoms with van der Waals surface area (Å²) in [6.45, 7) is 3.94. The highest BCUT2D eigenvalue weighted by molar-refractivity contribution is 6.09. The van der Waals surface area contributed by atoms with Crippen molar-refractivity contribution in [1.82, 2.24) is 0 Å². The topological polar surface area (TPSA) is 35.5 Å². The Morgan fingerprint density at radius 1 is 0.559 bits per heavy atom. The lowest BCUT2D eigenvalue weighted by Crippen LogP contribution is -2.01. The SMILES string of the molecule is CC=Cc1ccccc1Oc1ccc(C(=O)c2ccc(Oc3ccccc3C=CC)cc2)cc1. The van der Waals surface area contributed by atoms with Crippen LogP contribution in [0.2, 0.25) is 0 Å². The maximum Gasteiger partial charge on any atom is 0.193 e. The average molecular weight is 447 g/mol. The summed E-state index contributed by atoms with van der Waals surface area (Å²) in [7, 11) is 0. The van der Waals surface area contributed by atoms with Crippen LogP contribution in [0.1, 0.15) is 40.9 Å². The van der Waals surface area contributed by atoms with Crippen LogP contribution >= 0.6 is 0 Å². The highest BCUT2D eigenvalue weighted by Gasteiger charge is 2.11. The Labute approximate surface area is 200 Å². The minimum absolute atomic E-state index is 0.0540. The van der Waals surface area contributed by atoms with Gasteiger partial charge in [-0.2, -0.15) is 0 Å². The fraction of sp³-hybridized carbons (Fsp3) is 0.0645. The largest absolute Gasteiger partial charge is 0.457 e. The van der Waals surface area contributed by atoms with Gasteiger partial charge in [-0.05, 0) is 74.5 Å². The molecule has 4 aromatic rings. The first-order chi connectivity index (χ1) is 16.7. The molecule has 0 heterocycles. The van der Waals surface area contributed by atoms with E-state index in [4.69, 9.17) is 9.47 Å². The van der Waals surface area contributed by atoms with Gasteiger partial charge in [-0.3, -0.25) is 4.79 Å². The molecule has 0 amide bonds. The van der Waals surface area contributed by atoms with Gasteiger partial charge in [0, 0.05) is 22.3 Å². The van der Waals surface area contributed by atoms with E-state index < -0.39 is 0 Å². The summed E-state index contributed by atoms with van der Waals surface area (Å²) in [5.74, 6) is 2.84. The number of ketones is 1. The predicted molar refractivity (Wildman–Crippen MR) is 139 cm³/mol. The molecule has 4 rings (SSSR count). The van der Waals surface area contributed by atoms with Gasteiger partial charge >= 0.3 is 0 Å². The van der Waals surface area contributed by atoms with E-state index in [1.165, 1.54) is 0 Å². The smallest absolute Gasteiger partial charge is 0.193 e. The Balaban J connectivity index is 1.45. The van der Waals surface area contributed by atoms with Crippen molar-refractivity contribution >= 4 is 17.9 Å². The molecule has 0 radical (unpaired) electrons. The van der Waals surface area contributed by atoms with Crippen molar-refractivity contribution in [3.8, 4) is 23.0 Å². The molecule has 0 unspecified atom stereocenters. The average Bonchev–Trinajstić information content (AvgIpc) is 2.87. The zero-order valence-electron chi connectivity index (χ0n) is 19.3. The maximum atomic E-state index is 13.0. The van der Waals surface area contributed by atoms with Crippen LogP contribution < -0.4 is 9.47 Å². The normalized spacial score (nSPS) is 11.1. The number of allylic oxidation sites excluding steroid dienone is 2. The van der Waals surface area contributed by atoms with Gasteiger partial charge in [0.05, 0.1) is 0 Å². The lowest BCUT2D eigenvalue weighted by molar-refractivity contribution is 0.103. The zero-order chi connectivity index (χ0) is 23.8. The van der Waals surface area contributed by atoms with Gasteiger partial charge in [0.25, 0.3) is 0 Å². The highest BCUT2D eigenvalue weighted by atomic mass is 16.5. The van der Waals surface area contributed by atoms with E-state index in [0.717, 1.165) is 22.6 Å². The fourth-order valence-electron chi connectivity index (χ4n) is 3.55. The molecule has 0 aliphatic heterocycles. The minimum Gasteiger partial charge on any atom is -0.457 e. The molecular formula is C31H26O3. The second-order valence-corrected chi connectivity index (χ2v) is 7.66. The maximum absolute atomic E-state index is 13.0. The number of hydrogen-bond acceptors (Lipinski definition) is 3. The van der Waals surface area contributed by atoms with Crippen molar-refractivity contribution in [1.29, 1.82) is 0 Å². The Hall–Kier alpha value is -4.37. The molecule has 0 bridgehead atoms. The molecule has 0 saturated carbocycles. The van der Waals surface area contributed by atoms with Crippen molar-refractivity contribution in [2.24, 2.45) is 0 Å². The molecular weight excluding hydrogens is 420 g/mol. The molecule has 4 aromatic carbocycles. The zero-order valence-corrected chi connectivity index (χ0v) is 19.3. The first kappa shape index (κ1) is 22.8. The van der Waals surface area contributed by atoms with Gasteiger partial charge in [-0.1, -0.05) is 60.7 Å². The van der Waals surface area contributed by atoms with Gasteiger partial charge in [0.2, 0.25) is 0 Å². The number of para-hydroxylation sites is 2. The van der Waals surface area contributed by atoms with Crippen LogP contribution in [-0.4, -0.2) is 5.78 Å². The first-order valence-corrected chi connectivity index (χ1v) is 11.2. The number of ether oxygens (including phenoxy) is 2. The molecule has 0 spiro atoms. The van der Waals surface area contributed by atoms with Crippen LogP contribution in [-0.2, 0) is 0 Å². The molecule has 0 aliphatic rings. The van der Waals surface area contributed by atoms with Crippen LogP contribution in [0.3, 0.4) is 0 Å². The summed E-state index contributed by atoms with van der Waals surface area (Å²) >= 11 is 0. The van der Waals surface area contributed by atoms with E-state index in [9.17, 15) is 4.79 Å². The molecule has 0 fully saturated rings. The van der Waals surface area contributed by atoms with E-state index in [1.54, 1.807) is 24.3 Å². The lowest BCUT2D eigenvalue weighted by Gasteiger charge is -2.10. The molecule has 0 N–H and O–H groups in total. The molecule has 0 saturated heterocycles.